The molecule has 2 nitrogen and oxygen atoms in total. The predicted molar refractivity (Wildman–Crippen MR) is 68.6 cm³/mol. The van der Waals surface area contributed by atoms with Crippen LogP contribution in [0.3, 0.4) is 0 Å². The average molecular weight is 272 g/mol. The van der Waals surface area contributed by atoms with E-state index >= 15 is 0 Å². The number of nitrogen functional groups attached to an aromatic ring is 1. The average Bonchev–Trinajstić information content (AvgIpc) is 2.62. The van der Waals surface area contributed by atoms with E-state index in [1.165, 1.54) is 11.3 Å². The molecule has 2 rings (SSSR count). The number of carbonyl (C=O) groups is 1. The summed E-state index contributed by atoms with van der Waals surface area (Å²) in [7, 11) is 0. The highest BCUT2D eigenvalue weighted by atomic mass is 35.5. The minimum Gasteiger partial charge on any atom is -0.399 e. The van der Waals surface area contributed by atoms with Crippen LogP contribution in [0, 0.1) is 0 Å². The van der Waals surface area contributed by atoms with Gasteiger partial charge in [0.15, 0.2) is 0 Å². The molecule has 0 bridgehead atoms. The van der Waals surface area contributed by atoms with Gasteiger partial charge in [-0.3, -0.25) is 4.79 Å². The lowest BCUT2D eigenvalue weighted by molar-refractivity contribution is 0.104. The number of hydrogen-bond acceptors (Lipinski definition) is 3. The Balaban J connectivity index is 2.41. The zero-order valence-electron chi connectivity index (χ0n) is 8.04. The highest BCUT2D eigenvalue weighted by molar-refractivity contribution is 7.18. The number of ketones is 1. The van der Waals surface area contributed by atoms with E-state index in [-0.39, 0.29) is 5.78 Å². The quantitative estimate of drug-likeness (QED) is 0.666. The Labute approximate surface area is 107 Å². The third-order valence-corrected chi connectivity index (χ3v) is 3.43. The van der Waals surface area contributed by atoms with E-state index in [0.717, 1.165) is 0 Å². The lowest BCUT2D eigenvalue weighted by Gasteiger charge is -2.01. The molecule has 2 N–H and O–H groups in total. The maximum absolute atomic E-state index is 12.0. The summed E-state index contributed by atoms with van der Waals surface area (Å²) in [6, 6.07) is 8.16. The van der Waals surface area contributed by atoms with E-state index in [2.05, 4.69) is 0 Å². The topological polar surface area (TPSA) is 43.1 Å². The van der Waals surface area contributed by atoms with Crippen molar-refractivity contribution in [2.75, 3.05) is 5.73 Å². The van der Waals surface area contributed by atoms with Crippen LogP contribution < -0.4 is 5.73 Å². The molecule has 0 saturated carbocycles. The molecule has 0 unspecified atom stereocenters. The first kappa shape index (κ1) is 11.5. The van der Waals surface area contributed by atoms with Gasteiger partial charge in [0.05, 0.1) is 9.21 Å². The second-order valence-corrected chi connectivity index (χ2v) is 5.36. The molecule has 0 saturated heterocycles. The molecule has 0 fully saturated rings. The summed E-state index contributed by atoms with van der Waals surface area (Å²) in [4.78, 5) is 12.6. The van der Waals surface area contributed by atoms with Crippen LogP contribution in [-0.2, 0) is 0 Å². The third kappa shape index (κ3) is 2.38. The van der Waals surface area contributed by atoms with Crippen molar-refractivity contribution in [3.05, 3.63) is 50.1 Å². The third-order valence-electron chi connectivity index (χ3n) is 1.98. The van der Waals surface area contributed by atoms with Crippen LogP contribution in [0.1, 0.15) is 15.2 Å². The van der Waals surface area contributed by atoms with Crippen molar-refractivity contribution >= 4 is 46.0 Å². The lowest BCUT2D eigenvalue weighted by Crippen LogP contribution is -1.99. The molecular weight excluding hydrogens is 265 g/mol. The fraction of sp³-hybridized carbons (Fsp3) is 0. The van der Waals surface area contributed by atoms with E-state index in [1.807, 2.05) is 0 Å². The number of halogens is 2. The number of thiophene rings is 1. The van der Waals surface area contributed by atoms with Crippen LogP contribution >= 0.6 is 34.5 Å². The Kier molecular flexibility index (Phi) is 3.19. The Morgan fingerprint density at radius 3 is 2.50 bits per heavy atom. The van der Waals surface area contributed by atoms with E-state index in [1.54, 1.807) is 30.3 Å². The molecule has 0 radical (unpaired) electrons. The zero-order valence-corrected chi connectivity index (χ0v) is 10.4. The van der Waals surface area contributed by atoms with Crippen LogP contribution in [0.2, 0.25) is 9.36 Å². The van der Waals surface area contributed by atoms with Crippen LogP contribution in [0.25, 0.3) is 0 Å². The van der Waals surface area contributed by atoms with Gasteiger partial charge in [0.25, 0.3) is 0 Å². The maximum atomic E-state index is 12.0. The molecule has 0 aliphatic rings. The van der Waals surface area contributed by atoms with Crippen molar-refractivity contribution in [3.63, 3.8) is 0 Å². The smallest absolute Gasteiger partial charge is 0.203 e. The molecule has 0 atom stereocenters. The highest BCUT2D eigenvalue weighted by Gasteiger charge is 2.12. The van der Waals surface area contributed by atoms with E-state index in [0.29, 0.717) is 25.5 Å². The molecule has 0 amide bonds. The van der Waals surface area contributed by atoms with E-state index in [9.17, 15) is 4.79 Å². The largest absolute Gasteiger partial charge is 0.399 e. The molecular formula is C11H7Cl2NOS. The molecule has 1 heterocycles. The van der Waals surface area contributed by atoms with Gasteiger partial charge < -0.3 is 5.73 Å². The van der Waals surface area contributed by atoms with Crippen molar-refractivity contribution < 1.29 is 4.79 Å². The standard InChI is InChI=1S/C11H7Cl2NOS/c12-7-3-6(4-8(14)5-7)11(15)9-1-2-10(13)16-9/h1-5H,14H2. The van der Waals surface area contributed by atoms with Crippen LogP contribution in [0.15, 0.2) is 30.3 Å². The van der Waals surface area contributed by atoms with Gasteiger partial charge in [-0.2, -0.15) is 0 Å². The summed E-state index contributed by atoms with van der Waals surface area (Å²) in [6.07, 6.45) is 0. The number of hydrogen-bond donors (Lipinski definition) is 1. The Morgan fingerprint density at radius 1 is 1.19 bits per heavy atom. The SMILES string of the molecule is Nc1cc(Cl)cc(C(=O)c2ccc(Cl)s2)c1. The maximum Gasteiger partial charge on any atom is 0.203 e. The highest BCUT2D eigenvalue weighted by Crippen LogP contribution is 2.25. The van der Waals surface area contributed by atoms with Crippen molar-refractivity contribution in [3.8, 4) is 0 Å². The van der Waals surface area contributed by atoms with Crippen LogP contribution in [0.4, 0.5) is 5.69 Å². The fourth-order valence-corrected chi connectivity index (χ4v) is 2.57. The summed E-state index contributed by atoms with van der Waals surface area (Å²) in [5.41, 5.74) is 6.57. The van der Waals surface area contributed by atoms with Gasteiger partial charge in [-0.05, 0) is 30.3 Å². The van der Waals surface area contributed by atoms with Gasteiger partial charge >= 0.3 is 0 Å². The molecule has 16 heavy (non-hydrogen) atoms. The summed E-state index contributed by atoms with van der Waals surface area (Å²) in [6.45, 7) is 0. The van der Waals surface area contributed by atoms with E-state index < -0.39 is 0 Å². The zero-order chi connectivity index (χ0) is 11.7. The van der Waals surface area contributed by atoms with Gasteiger partial charge in [-0.1, -0.05) is 23.2 Å². The first-order chi connectivity index (χ1) is 7.56. The second-order valence-electron chi connectivity index (χ2n) is 3.21. The second kappa shape index (κ2) is 4.45. The van der Waals surface area contributed by atoms with Gasteiger partial charge in [-0.15, -0.1) is 11.3 Å². The van der Waals surface area contributed by atoms with E-state index in [4.69, 9.17) is 28.9 Å². The number of benzene rings is 1. The van der Waals surface area contributed by atoms with Gasteiger partial charge in [-0.25, -0.2) is 0 Å². The predicted octanol–water partition coefficient (Wildman–Crippen LogP) is 3.87. The number of rotatable bonds is 2. The number of nitrogens with two attached hydrogens (primary N) is 1. The molecule has 0 aliphatic carbocycles. The van der Waals surface area contributed by atoms with Gasteiger partial charge in [0, 0.05) is 16.3 Å². The van der Waals surface area contributed by atoms with Gasteiger partial charge in [0.2, 0.25) is 5.78 Å². The fourth-order valence-electron chi connectivity index (χ4n) is 1.32. The summed E-state index contributed by atoms with van der Waals surface area (Å²) < 4.78 is 0.582. The summed E-state index contributed by atoms with van der Waals surface area (Å²) >= 11 is 12.8. The normalized spacial score (nSPS) is 10.4. The first-order valence-corrected chi connectivity index (χ1v) is 5.99. The van der Waals surface area contributed by atoms with Crippen molar-refractivity contribution in [2.24, 2.45) is 0 Å². The van der Waals surface area contributed by atoms with Crippen molar-refractivity contribution in [1.29, 1.82) is 0 Å². The Bertz CT molecular complexity index is 530. The number of carbonyl (C=O) groups excluding carboxylic acids is 1. The molecule has 0 aliphatic heterocycles. The Hall–Kier alpha value is -1.03. The minimum atomic E-state index is -0.119. The molecule has 2 aromatic rings. The van der Waals surface area contributed by atoms with Crippen LogP contribution in [-0.4, -0.2) is 5.78 Å². The molecule has 0 spiro atoms. The molecule has 1 aromatic heterocycles. The molecule has 5 heteroatoms. The minimum absolute atomic E-state index is 0.119. The monoisotopic (exact) mass is 271 g/mol. The lowest BCUT2D eigenvalue weighted by atomic mass is 10.1. The van der Waals surface area contributed by atoms with Gasteiger partial charge in [0.1, 0.15) is 0 Å². The number of anilines is 1. The van der Waals surface area contributed by atoms with Crippen molar-refractivity contribution in [2.45, 2.75) is 0 Å². The first-order valence-electron chi connectivity index (χ1n) is 4.42. The summed E-state index contributed by atoms with van der Waals surface area (Å²) in [5.74, 6) is -0.119. The van der Waals surface area contributed by atoms with Crippen molar-refractivity contribution in [1.82, 2.24) is 0 Å². The molecule has 82 valence electrons. The summed E-state index contributed by atoms with van der Waals surface area (Å²) in [5, 5.41) is 0.450. The van der Waals surface area contributed by atoms with Crippen LogP contribution in [0.5, 0.6) is 0 Å². The molecule has 1 aromatic carbocycles. The Morgan fingerprint density at radius 2 is 1.94 bits per heavy atom.